The van der Waals surface area contributed by atoms with Crippen molar-refractivity contribution < 1.29 is 17.9 Å². The average molecular weight is 508 g/mol. The lowest BCUT2D eigenvalue weighted by Crippen LogP contribution is -2.36. The van der Waals surface area contributed by atoms with Gasteiger partial charge >= 0.3 is 6.18 Å². The molecule has 0 aliphatic heterocycles. The van der Waals surface area contributed by atoms with Gasteiger partial charge in [0.25, 0.3) is 0 Å². The third-order valence-electron chi connectivity index (χ3n) is 3.65. The average Bonchev–Trinajstić information content (AvgIpc) is 2.64. The van der Waals surface area contributed by atoms with E-state index in [9.17, 15) is 13.2 Å². The summed E-state index contributed by atoms with van der Waals surface area (Å²) in [5, 5.41) is 6.42. The van der Waals surface area contributed by atoms with Gasteiger partial charge in [0, 0.05) is 25.4 Å². The largest absolute Gasteiger partial charge is 0.468 e. The first-order valence-electron chi connectivity index (χ1n) is 8.58. The van der Waals surface area contributed by atoms with Crippen molar-refractivity contribution in [1.82, 2.24) is 15.6 Å². The van der Waals surface area contributed by atoms with Gasteiger partial charge in [0.2, 0.25) is 5.88 Å². The zero-order chi connectivity index (χ0) is 19.7. The number of nitrogens with zero attached hydrogens (tertiary/aromatic N) is 2. The molecule has 9 heteroatoms. The lowest BCUT2D eigenvalue weighted by Gasteiger charge is -2.13. The fraction of sp³-hybridized carbons (Fsp3) is 0.368. The Kier molecular flexibility index (Phi) is 10.0. The third-order valence-corrected chi connectivity index (χ3v) is 3.65. The Morgan fingerprint density at radius 1 is 1.14 bits per heavy atom. The number of hydrogen-bond donors (Lipinski definition) is 2. The van der Waals surface area contributed by atoms with Gasteiger partial charge in [-0.25, -0.2) is 9.98 Å². The molecule has 1 aromatic heterocycles. The molecule has 2 N–H and O–H groups in total. The van der Waals surface area contributed by atoms with Crippen molar-refractivity contribution in [1.29, 1.82) is 0 Å². The number of alkyl halides is 3. The molecular weight excluding hydrogens is 484 g/mol. The quantitative estimate of drug-likeness (QED) is 0.335. The van der Waals surface area contributed by atoms with E-state index in [0.29, 0.717) is 25.6 Å². The van der Waals surface area contributed by atoms with E-state index in [1.54, 1.807) is 6.07 Å². The molecule has 0 atom stereocenters. The summed E-state index contributed by atoms with van der Waals surface area (Å²) < 4.78 is 41.0. The Balaban J connectivity index is 0.00000392. The van der Waals surface area contributed by atoms with Crippen LogP contribution in [0, 0.1) is 6.92 Å². The van der Waals surface area contributed by atoms with E-state index in [0.717, 1.165) is 5.56 Å². The zero-order valence-corrected chi connectivity index (χ0v) is 18.0. The number of nitrogens with one attached hydrogen (secondary N) is 2. The van der Waals surface area contributed by atoms with Gasteiger partial charge in [-0.1, -0.05) is 30.3 Å². The molecule has 0 spiro atoms. The highest BCUT2D eigenvalue weighted by Gasteiger charge is 2.28. The maximum absolute atomic E-state index is 12.1. The predicted octanol–water partition coefficient (Wildman–Crippen LogP) is 4.20. The van der Waals surface area contributed by atoms with Gasteiger partial charge in [-0.3, -0.25) is 0 Å². The minimum atomic E-state index is -4.38. The van der Waals surface area contributed by atoms with Crippen LogP contribution in [0.25, 0.3) is 0 Å². The molecule has 5 nitrogen and oxygen atoms in total. The summed E-state index contributed by atoms with van der Waals surface area (Å²) in [5.41, 5.74) is 3.14. The van der Waals surface area contributed by atoms with Crippen LogP contribution in [-0.2, 0) is 13.1 Å². The van der Waals surface area contributed by atoms with Crippen molar-refractivity contribution >= 4 is 29.9 Å². The Labute approximate surface area is 179 Å². The summed E-state index contributed by atoms with van der Waals surface area (Å²) in [7, 11) is 0. The number of guanidine groups is 1. The molecule has 1 aromatic carbocycles. The van der Waals surface area contributed by atoms with E-state index in [1.807, 2.05) is 19.1 Å². The molecule has 1 heterocycles. The Morgan fingerprint density at radius 3 is 2.50 bits per heavy atom. The number of ether oxygens (including phenoxy) is 1. The van der Waals surface area contributed by atoms with Crippen LogP contribution >= 0.6 is 24.0 Å². The Bertz CT molecular complexity index is 752. The smallest absolute Gasteiger partial charge is 0.422 e. The van der Waals surface area contributed by atoms with Crippen molar-refractivity contribution in [3.05, 3.63) is 59.3 Å². The molecule has 0 radical (unpaired) electrons. The van der Waals surface area contributed by atoms with Crippen molar-refractivity contribution in [2.45, 2.75) is 33.1 Å². The maximum Gasteiger partial charge on any atom is 0.422 e. The van der Waals surface area contributed by atoms with Gasteiger partial charge in [-0.2, -0.15) is 13.2 Å². The summed E-state index contributed by atoms with van der Waals surface area (Å²) >= 11 is 0. The third kappa shape index (κ3) is 8.77. The van der Waals surface area contributed by atoms with Crippen LogP contribution in [0.15, 0.2) is 47.6 Å². The lowest BCUT2D eigenvalue weighted by atomic mass is 10.1. The maximum atomic E-state index is 12.1. The van der Waals surface area contributed by atoms with Crippen LogP contribution in [-0.4, -0.2) is 30.3 Å². The lowest BCUT2D eigenvalue weighted by molar-refractivity contribution is -0.154. The molecule has 0 unspecified atom stereocenters. The summed E-state index contributed by atoms with van der Waals surface area (Å²) in [4.78, 5) is 8.36. The minimum Gasteiger partial charge on any atom is -0.468 e. The van der Waals surface area contributed by atoms with E-state index in [4.69, 9.17) is 0 Å². The highest BCUT2D eigenvalue weighted by Crippen LogP contribution is 2.17. The van der Waals surface area contributed by atoms with Crippen LogP contribution in [0.5, 0.6) is 5.88 Å². The predicted molar refractivity (Wildman–Crippen MR) is 114 cm³/mol. The number of halogens is 4. The van der Waals surface area contributed by atoms with Gasteiger partial charge in [0.1, 0.15) is 0 Å². The van der Waals surface area contributed by atoms with E-state index < -0.39 is 12.8 Å². The first-order chi connectivity index (χ1) is 12.9. The number of rotatable bonds is 7. The van der Waals surface area contributed by atoms with Crippen molar-refractivity contribution in [2.75, 3.05) is 13.2 Å². The van der Waals surface area contributed by atoms with Gasteiger partial charge in [0.05, 0.1) is 6.54 Å². The molecule has 2 rings (SSSR count). The summed E-state index contributed by atoms with van der Waals surface area (Å²) in [5.74, 6) is 0.586. The molecule has 0 aliphatic rings. The number of hydrogen-bond acceptors (Lipinski definition) is 3. The van der Waals surface area contributed by atoms with Crippen molar-refractivity contribution in [2.24, 2.45) is 4.99 Å². The molecule has 0 amide bonds. The highest BCUT2D eigenvalue weighted by atomic mass is 127. The van der Waals surface area contributed by atoms with Crippen molar-refractivity contribution in [3.63, 3.8) is 0 Å². The van der Waals surface area contributed by atoms with Crippen molar-refractivity contribution in [3.8, 4) is 5.88 Å². The first-order valence-corrected chi connectivity index (χ1v) is 8.58. The zero-order valence-electron chi connectivity index (χ0n) is 15.7. The van der Waals surface area contributed by atoms with E-state index in [2.05, 4.69) is 44.4 Å². The van der Waals surface area contributed by atoms with Crippen LogP contribution in [0.4, 0.5) is 13.2 Å². The number of aryl methyl sites for hydroxylation is 1. The number of pyridine rings is 1. The molecule has 0 bridgehead atoms. The normalized spacial score (nSPS) is 11.5. The standard InChI is InChI=1S/C19H23F3N4O.HI/c1-3-23-18(26-12-16-7-5-4-6-14(16)2)25-11-15-8-9-17(24-10-15)27-13-19(20,21)22;/h4-10H,3,11-13H2,1-2H3,(H2,23,25,26);1H. The van der Waals surface area contributed by atoms with Crippen LogP contribution in [0.1, 0.15) is 23.6 Å². The summed E-state index contributed by atoms with van der Waals surface area (Å²) in [6.07, 6.45) is -2.92. The first kappa shape index (κ1) is 24.0. The van der Waals surface area contributed by atoms with Gasteiger partial charge in [-0.15, -0.1) is 24.0 Å². The Hall–Kier alpha value is -2.04. The molecule has 0 aliphatic carbocycles. The van der Waals surface area contributed by atoms with E-state index in [-0.39, 0.29) is 29.9 Å². The topological polar surface area (TPSA) is 58.5 Å². The number of benzene rings is 1. The van der Waals surface area contributed by atoms with Crippen LogP contribution < -0.4 is 15.4 Å². The van der Waals surface area contributed by atoms with Gasteiger partial charge in [0.15, 0.2) is 12.6 Å². The second kappa shape index (κ2) is 11.7. The number of aliphatic imine (C=N–C) groups is 1. The molecular formula is C19H24F3IN4O. The van der Waals surface area contributed by atoms with E-state index in [1.165, 1.54) is 23.4 Å². The van der Waals surface area contributed by atoms with Crippen LogP contribution in [0.2, 0.25) is 0 Å². The summed E-state index contributed by atoms with van der Waals surface area (Å²) in [6.45, 7) is 4.36. The van der Waals surface area contributed by atoms with Gasteiger partial charge in [-0.05, 0) is 30.5 Å². The molecule has 0 saturated heterocycles. The minimum absolute atomic E-state index is 0. The summed E-state index contributed by atoms with van der Waals surface area (Å²) in [6, 6.07) is 11.1. The second-order valence-corrected chi connectivity index (χ2v) is 5.88. The van der Waals surface area contributed by atoms with Gasteiger partial charge < -0.3 is 15.4 Å². The second-order valence-electron chi connectivity index (χ2n) is 5.88. The Morgan fingerprint density at radius 2 is 1.89 bits per heavy atom. The fourth-order valence-corrected chi connectivity index (χ4v) is 2.25. The number of aromatic nitrogens is 1. The monoisotopic (exact) mass is 508 g/mol. The fourth-order valence-electron chi connectivity index (χ4n) is 2.25. The SMILES string of the molecule is CCNC(=NCc1ccc(OCC(F)(F)F)nc1)NCc1ccccc1C.I. The molecule has 2 aromatic rings. The molecule has 0 saturated carbocycles. The molecule has 0 fully saturated rings. The molecule has 154 valence electrons. The van der Waals surface area contributed by atoms with Crippen LogP contribution in [0.3, 0.4) is 0 Å². The highest BCUT2D eigenvalue weighted by molar-refractivity contribution is 14.0. The van der Waals surface area contributed by atoms with E-state index >= 15 is 0 Å². The molecule has 28 heavy (non-hydrogen) atoms.